The van der Waals surface area contributed by atoms with Gasteiger partial charge in [-0.1, -0.05) is 6.07 Å². The summed E-state index contributed by atoms with van der Waals surface area (Å²) in [5, 5.41) is 3.37. The lowest BCUT2D eigenvalue weighted by Crippen LogP contribution is -2.14. The summed E-state index contributed by atoms with van der Waals surface area (Å²) in [4.78, 5) is 8.52. The first-order chi connectivity index (χ1) is 7.90. The van der Waals surface area contributed by atoms with Gasteiger partial charge in [0.15, 0.2) is 0 Å². The van der Waals surface area contributed by atoms with Gasteiger partial charge in [0.1, 0.15) is 0 Å². The number of hydrogen-bond acceptors (Lipinski definition) is 4. The third-order valence-corrected chi connectivity index (χ3v) is 2.69. The number of hydrogen-bond donors (Lipinski definition) is 2. The third kappa shape index (κ3) is 2.93. The van der Waals surface area contributed by atoms with Crippen LogP contribution in [0.15, 0.2) is 30.6 Å². The van der Waals surface area contributed by atoms with E-state index in [-0.39, 0.29) is 0 Å². The molecule has 0 aliphatic heterocycles. The van der Waals surface area contributed by atoms with Crippen molar-refractivity contribution in [1.82, 2.24) is 15.3 Å². The van der Waals surface area contributed by atoms with Gasteiger partial charge < -0.3 is 5.32 Å². The second kappa shape index (κ2) is 5.82. The minimum Gasteiger partial charge on any atom is -0.313 e. The van der Waals surface area contributed by atoms with Gasteiger partial charge in [0.2, 0.25) is 0 Å². The quantitative estimate of drug-likeness (QED) is 0.613. The van der Waals surface area contributed by atoms with E-state index in [9.17, 15) is 0 Å². The maximum Gasteiger partial charge on any atom is 0.0890 e. The minimum absolute atomic E-state index is 0.875. The topological polar surface area (TPSA) is 37.8 Å². The molecule has 2 aromatic rings. The predicted octanol–water partition coefficient (Wildman–Crippen LogP) is 2.04. The fourth-order valence-corrected chi connectivity index (χ4v) is 1.71. The Morgan fingerprint density at radius 3 is 2.75 bits per heavy atom. The molecule has 0 atom stereocenters. The molecule has 3 nitrogen and oxygen atoms in total. The van der Waals surface area contributed by atoms with Gasteiger partial charge in [-0.25, -0.2) is 0 Å². The summed E-state index contributed by atoms with van der Waals surface area (Å²) in [5.74, 6) is 0.927. The number of benzene rings is 1. The van der Waals surface area contributed by atoms with E-state index in [1.54, 1.807) is 12.4 Å². The lowest BCUT2D eigenvalue weighted by atomic mass is 10.2. The first-order valence-electron chi connectivity index (χ1n) is 5.41. The fraction of sp³-hybridized carbons (Fsp3) is 0.333. The van der Waals surface area contributed by atoms with Crippen LogP contribution in [0.3, 0.4) is 0 Å². The van der Waals surface area contributed by atoms with Crippen molar-refractivity contribution < 1.29 is 0 Å². The van der Waals surface area contributed by atoms with E-state index >= 15 is 0 Å². The van der Waals surface area contributed by atoms with Gasteiger partial charge >= 0.3 is 0 Å². The number of thiol groups is 1. The average Bonchev–Trinajstić information content (AvgIpc) is 2.34. The Bertz CT molecular complexity index is 459. The number of rotatable bonds is 5. The maximum atomic E-state index is 4.28. The van der Waals surface area contributed by atoms with Crippen LogP contribution in [0.5, 0.6) is 0 Å². The van der Waals surface area contributed by atoms with Crippen molar-refractivity contribution >= 4 is 23.7 Å². The molecule has 0 saturated carbocycles. The van der Waals surface area contributed by atoms with E-state index < -0.39 is 0 Å². The molecule has 0 radical (unpaired) electrons. The van der Waals surface area contributed by atoms with Gasteiger partial charge in [0.25, 0.3) is 0 Å². The van der Waals surface area contributed by atoms with Gasteiger partial charge in [-0.2, -0.15) is 12.6 Å². The maximum absolute atomic E-state index is 4.28. The van der Waals surface area contributed by atoms with Crippen molar-refractivity contribution in [3.8, 4) is 0 Å². The summed E-state index contributed by atoms with van der Waals surface area (Å²) in [5.41, 5.74) is 3.14. The van der Waals surface area contributed by atoms with Crippen LogP contribution in [0.25, 0.3) is 11.0 Å². The van der Waals surface area contributed by atoms with Crippen molar-refractivity contribution in [3.63, 3.8) is 0 Å². The zero-order valence-electron chi connectivity index (χ0n) is 9.06. The van der Waals surface area contributed by atoms with Crippen LogP contribution in [-0.4, -0.2) is 22.3 Å². The Morgan fingerprint density at radius 1 is 1.12 bits per heavy atom. The molecule has 84 valence electrons. The second-order valence-electron chi connectivity index (χ2n) is 3.63. The molecular weight excluding hydrogens is 218 g/mol. The van der Waals surface area contributed by atoms with Crippen LogP contribution in [0.1, 0.15) is 12.0 Å². The highest BCUT2D eigenvalue weighted by atomic mass is 32.1. The number of fused-ring (bicyclic) bond motifs is 1. The zero-order valence-corrected chi connectivity index (χ0v) is 9.95. The summed E-state index contributed by atoms with van der Waals surface area (Å²) in [7, 11) is 0. The van der Waals surface area contributed by atoms with E-state index in [4.69, 9.17) is 0 Å². The second-order valence-corrected chi connectivity index (χ2v) is 4.08. The SMILES string of the molecule is SCCCNCc1ccc2nccnc2c1. The molecule has 0 aliphatic rings. The third-order valence-electron chi connectivity index (χ3n) is 2.37. The molecule has 1 N–H and O–H groups in total. The molecule has 1 heterocycles. The molecule has 0 saturated heterocycles. The predicted molar refractivity (Wildman–Crippen MR) is 69.7 cm³/mol. The van der Waals surface area contributed by atoms with Gasteiger partial charge in [-0.05, 0) is 36.4 Å². The van der Waals surface area contributed by atoms with Crippen molar-refractivity contribution in [2.45, 2.75) is 13.0 Å². The van der Waals surface area contributed by atoms with Crippen LogP contribution in [0, 0.1) is 0 Å². The van der Waals surface area contributed by atoms with Crippen LogP contribution >= 0.6 is 12.6 Å². The Kier molecular flexibility index (Phi) is 4.13. The molecule has 0 bridgehead atoms. The number of aromatic nitrogens is 2. The Hall–Kier alpha value is -1.13. The molecule has 1 aromatic carbocycles. The van der Waals surface area contributed by atoms with Gasteiger partial charge in [0.05, 0.1) is 11.0 Å². The smallest absolute Gasteiger partial charge is 0.0890 e. The largest absolute Gasteiger partial charge is 0.313 e. The van der Waals surface area contributed by atoms with Crippen LogP contribution in [-0.2, 0) is 6.54 Å². The summed E-state index contributed by atoms with van der Waals surface area (Å²) in [6.07, 6.45) is 4.53. The molecular formula is C12H15N3S. The summed E-state index contributed by atoms with van der Waals surface area (Å²) < 4.78 is 0. The molecule has 1 aromatic heterocycles. The van der Waals surface area contributed by atoms with E-state index in [1.807, 2.05) is 6.07 Å². The lowest BCUT2D eigenvalue weighted by Gasteiger charge is -2.04. The van der Waals surface area contributed by atoms with Crippen LogP contribution in [0.4, 0.5) is 0 Å². The average molecular weight is 233 g/mol. The monoisotopic (exact) mass is 233 g/mol. The minimum atomic E-state index is 0.875. The highest BCUT2D eigenvalue weighted by Crippen LogP contribution is 2.10. The Balaban J connectivity index is 2.02. The molecule has 4 heteroatoms. The van der Waals surface area contributed by atoms with Crippen molar-refractivity contribution in [2.24, 2.45) is 0 Å². The van der Waals surface area contributed by atoms with E-state index in [2.05, 4.69) is 40.0 Å². The number of nitrogens with zero attached hydrogens (tertiary/aromatic N) is 2. The summed E-state index contributed by atoms with van der Waals surface area (Å²) in [6, 6.07) is 6.18. The Labute approximate surface area is 101 Å². The van der Waals surface area contributed by atoms with Crippen molar-refractivity contribution in [1.29, 1.82) is 0 Å². The lowest BCUT2D eigenvalue weighted by molar-refractivity contribution is 0.680. The van der Waals surface area contributed by atoms with E-state index in [1.165, 1.54) is 5.56 Å². The standard InChI is InChI=1S/C12H15N3S/c16-7-1-4-13-9-10-2-3-11-12(8-10)15-6-5-14-11/h2-3,5-6,8,13,16H,1,4,7,9H2. The van der Waals surface area contributed by atoms with Gasteiger partial charge in [-0.15, -0.1) is 0 Å². The van der Waals surface area contributed by atoms with Crippen LogP contribution in [0.2, 0.25) is 0 Å². The normalized spacial score (nSPS) is 10.8. The molecule has 0 amide bonds. The first-order valence-corrected chi connectivity index (χ1v) is 6.04. The van der Waals surface area contributed by atoms with Gasteiger partial charge in [-0.3, -0.25) is 9.97 Å². The Morgan fingerprint density at radius 2 is 1.94 bits per heavy atom. The molecule has 2 rings (SSSR count). The van der Waals surface area contributed by atoms with Gasteiger partial charge in [0, 0.05) is 18.9 Å². The summed E-state index contributed by atoms with van der Waals surface area (Å²) >= 11 is 4.17. The van der Waals surface area contributed by atoms with E-state index in [0.29, 0.717) is 0 Å². The molecule has 0 unspecified atom stereocenters. The first kappa shape index (κ1) is 11.4. The molecule has 16 heavy (non-hydrogen) atoms. The summed E-state index contributed by atoms with van der Waals surface area (Å²) in [6.45, 7) is 1.88. The highest BCUT2D eigenvalue weighted by Gasteiger charge is 1.97. The molecule has 0 spiro atoms. The van der Waals surface area contributed by atoms with E-state index in [0.717, 1.165) is 36.3 Å². The zero-order chi connectivity index (χ0) is 11.2. The number of nitrogens with one attached hydrogen (secondary N) is 1. The van der Waals surface area contributed by atoms with Crippen molar-refractivity contribution in [2.75, 3.05) is 12.3 Å². The molecule has 0 fully saturated rings. The van der Waals surface area contributed by atoms with Crippen molar-refractivity contribution in [3.05, 3.63) is 36.2 Å². The highest BCUT2D eigenvalue weighted by molar-refractivity contribution is 7.80. The van der Waals surface area contributed by atoms with Crippen LogP contribution < -0.4 is 5.32 Å². The molecule has 0 aliphatic carbocycles. The fourth-order valence-electron chi connectivity index (χ4n) is 1.56.